The van der Waals surface area contributed by atoms with Crippen molar-refractivity contribution in [1.82, 2.24) is 5.32 Å². The van der Waals surface area contributed by atoms with Crippen molar-refractivity contribution in [1.29, 1.82) is 5.26 Å². The molecule has 0 bridgehead atoms. The van der Waals surface area contributed by atoms with E-state index >= 15 is 0 Å². The quantitative estimate of drug-likeness (QED) is 0.873. The third-order valence-corrected chi connectivity index (χ3v) is 3.26. The van der Waals surface area contributed by atoms with Gasteiger partial charge in [-0.15, -0.1) is 0 Å². The predicted molar refractivity (Wildman–Crippen MR) is 70.0 cm³/mol. The minimum Gasteiger partial charge on any atom is -0.375 e. The number of amides is 1. The van der Waals surface area contributed by atoms with Crippen molar-refractivity contribution in [3.63, 3.8) is 0 Å². The first kappa shape index (κ1) is 13.3. The van der Waals surface area contributed by atoms with E-state index in [1.807, 2.05) is 6.07 Å². The molecular weight excluding hydrogens is 245 g/mol. The summed E-state index contributed by atoms with van der Waals surface area (Å²) in [6.07, 6.45) is 4.39. The molecule has 1 aliphatic rings. The molecule has 1 aliphatic carbocycles. The molecule has 19 heavy (non-hydrogen) atoms. The largest absolute Gasteiger partial charge is 0.375 e. The molecule has 4 nitrogen and oxygen atoms in total. The Hall–Kier alpha value is -2.09. The molecule has 1 aromatic rings. The summed E-state index contributed by atoms with van der Waals surface area (Å²) in [4.78, 5) is 11.7. The highest BCUT2D eigenvalue weighted by Crippen LogP contribution is 2.18. The Morgan fingerprint density at radius 3 is 2.84 bits per heavy atom. The van der Waals surface area contributed by atoms with Crippen LogP contribution < -0.4 is 10.6 Å². The molecule has 0 atom stereocenters. The molecule has 1 saturated carbocycles. The van der Waals surface area contributed by atoms with E-state index in [1.54, 1.807) is 0 Å². The number of carbonyl (C=O) groups is 1. The maximum atomic E-state index is 12.9. The van der Waals surface area contributed by atoms with Crippen LogP contribution in [0.25, 0.3) is 0 Å². The summed E-state index contributed by atoms with van der Waals surface area (Å²) in [7, 11) is 0. The van der Waals surface area contributed by atoms with Crippen LogP contribution in [0.2, 0.25) is 0 Å². The SMILES string of the molecule is N#Cc1cc(F)ccc1NCC(=O)NC1CCCC1. The molecule has 0 spiro atoms. The topological polar surface area (TPSA) is 64.9 Å². The normalized spacial score (nSPS) is 14.9. The van der Waals surface area contributed by atoms with Crippen molar-refractivity contribution in [2.45, 2.75) is 31.7 Å². The van der Waals surface area contributed by atoms with Crippen LogP contribution >= 0.6 is 0 Å². The summed E-state index contributed by atoms with van der Waals surface area (Å²) in [6.45, 7) is 0.0941. The number of halogens is 1. The predicted octanol–water partition coefficient (Wildman–Crippen LogP) is 2.17. The molecule has 0 aliphatic heterocycles. The summed E-state index contributed by atoms with van der Waals surface area (Å²) in [5, 5.41) is 14.7. The van der Waals surface area contributed by atoms with Crippen molar-refractivity contribution in [3.05, 3.63) is 29.6 Å². The van der Waals surface area contributed by atoms with Crippen LogP contribution in [0.1, 0.15) is 31.2 Å². The van der Waals surface area contributed by atoms with Crippen molar-refractivity contribution >= 4 is 11.6 Å². The van der Waals surface area contributed by atoms with Gasteiger partial charge in [0, 0.05) is 6.04 Å². The third-order valence-electron chi connectivity index (χ3n) is 3.26. The number of benzene rings is 1. The molecule has 1 aromatic carbocycles. The Bertz CT molecular complexity index is 504. The van der Waals surface area contributed by atoms with Crippen molar-refractivity contribution in [2.75, 3.05) is 11.9 Å². The zero-order chi connectivity index (χ0) is 13.7. The monoisotopic (exact) mass is 261 g/mol. The lowest BCUT2D eigenvalue weighted by atomic mass is 10.2. The fraction of sp³-hybridized carbons (Fsp3) is 0.429. The molecule has 0 radical (unpaired) electrons. The first-order chi connectivity index (χ1) is 9.19. The van der Waals surface area contributed by atoms with Crippen LogP contribution in [0.5, 0.6) is 0 Å². The van der Waals surface area contributed by atoms with E-state index in [-0.39, 0.29) is 24.1 Å². The van der Waals surface area contributed by atoms with Crippen molar-refractivity contribution < 1.29 is 9.18 Å². The standard InChI is InChI=1S/C14H16FN3O/c15-11-5-6-13(10(7-11)8-16)17-9-14(19)18-12-3-1-2-4-12/h5-7,12,17H,1-4,9H2,(H,18,19). The van der Waals surface area contributed by atoms with Gasteiger partial charge in [0.15, 0.2) is 0 Å². The molecule has 5 heteroatoms. The Morgan fingerprint density at radius 1 is 1.42 bits per heavy atom. The number of carbonyl (C=O) groups excluding carboxylic acids is 1. The third kappa shape index (κ3) is 3.68. The van der Waals surface area contributed by atoms with Crippen LogP contribution in [0.3, 0.4) is 0 Å². The molecule has 1 amide bonds. The molecule has 0 heterocycles. The van der Waals surface area contributed by atoms with Crippen LogP contribution in [-0.2, 0) is 4.79 Å². The Morgan fingerprint density at radius 2 is 2.16 bits per heavy atom. The number of anilines is 1. The van der Waals surface area contributed by atoms with Crippen LogP contribution in [-0.4, -0.2) is 18.5 Å². The van der Waals surface area contributed by atoms with Gasteiger partial charge in [0.1, 0.15) is 11.9 Å². The first-order valence-electron chi connectivity index (χ1n) is 6.42. The molecule has 2 rings (SSSR count). The molecule has 100 valence electrons. The van der Waals surface area contributed by atoms with E-state index in [9.17, 15) is 9.18 Å². The van der Waals surface area contributed by atoms with Gasteiger partial charge in [-0.25, -0.2) is 4.39 Å². The highest BCUT2D eigenvalue weighted by atomic mass is 19.1. The number of nitriles is 1. The van der Waals surface area contributed by atoms with Crippen LogP contribution in [0, 0.1) is 17.1 Å². The minimum atomic E-state index is -0.461. The zero-order valence-electron chi connectivity index (χ0n) is 10.6. The van der Waals surface area contributed by atoms with Gasteiger partial charge >= 0.3 is 0 Å². The van der Waals surface area contributed by atoms with Crippen molar-refractivity contribution in [3.8, 4) is 6.07 Å². The lowest BCUT2D eigenvalue weighted by Gasteiger charge is -2.13. The molecular formula is C14H16FN3O. The summed E-state index contributed by atoms with van der Waals surface area (Å²) in [6, 6.07) is 6.06. The fourth-order valence-electron chi connectivity index (χ4n) is 2.29. The highest BCUT2D eigenvalue weighted by Gasteiger charge is 2.16. The van der Waals surface area contributed by atoms with Crippen molar-refractivity contribution in [2.24, 2.45) is 0 Å². The molecule has 0 unspecified atom stereocenters. The molecule has 2 N–H and O–H groups in total. The van der Waals surface area contributed by atoms with Gasteiger partial charge in [-0.3, -0.25) is 4.79 Å². The number of hydrogen-bond donors (Lipinski definition) is 2. The van der Waals surface area contributed by atoms with Gasteiger partial charge < -0.3 is 10.6 Å². The summed E-state index contributed by atoms with van der Waals surface area (Å²) < 4.78 is 12.9. The maximum absolute atomic E-state index is 12.9. The highest BCUT2D eigenvalue weighted by molar-refractivity contribution is 5.81. The second kappa shape index (κ2) is 6.19. The Kier molecular flexibility index (Phi) is 4.35. The van der Waals surface area contributed by atoms with E-state index in [1.165, 1.54) is 12.1 Å². The van der Waals surface area contributed by atoms with Gasteiger partial charge in [0.05, 0.1) is 17.8 Å². The second-order valence-electron chi connectivity index (χ2n) is 4.70. The number of nitrogens with zero attached hydrogens (tertiary/aromatic N) is 1. The van der Waals surface area contributed by atoms with Gasteiger partial charge in [-0.1, -0.05) is 12.8 Å². The van der Waals surface area contributed by atoms with E-state index in [4.69, 9.17) is 5.26 Å². The number of rotatable bonds is 4. The second-order valence-corrected chi connectivity index (χ2v) is 4.70. The zero-order valence-corrected chi connectivity index (χ0v) is 10.6. The Balaban J connectivity index is 1.88. The molecule has 1 fully saturated rings. The summed E-state index contributed by atoms with van der Waals surface area (Å²) >= 11 is 0. The lowest BCUT2D eigenvalue weighted by Crippen LogP contribution is -2.36. The van der Waals surface area contributed by atoms with Gasteiger partial charge in [-0.05, 0) is 31.0 Å². The fourth-order valence-corrected chi connectivity index (χ4v) is 2.29. The minimum absolute atomic E-state index is 0.0941. The summed E-state index contributed by atoms with van der Waals surface area (Å²) in [5.74, 6) is -0.558. The van der Waals surface area contributed by atoms with E-state index in [0.717, 1.165) is 31.7 Å². The van der Waals surface area contributed by atoms with Gasteiger partial charge in [0.2, 0.25) is 5.91 Å². The molecule has 0 aromatic heterocycles. The number of nitrogens with one attached hydrogen (secondary N) is 2. The van der Waals surface area contributed by atoms with E-state index in [0.29, 0.717) is 5.69 Å². The van der Waals surface area contributed by atoms with Gasteiger partial charge in [0.25, 0.3) is 0 Å². The average Bonchev–Trinajstić information content (AvgIpc) is 2.90. The van der Waals surface area contributed by atoms with Crippen LogP contribution in [0.4, 0.5) is 10.1 Å². The number of hydrogen-bond acceptors (Lipinski definition) is 3. The van der Waals surface area contributed by atoms with E-state index < -0.39 is 5.82 Å². The first-order valence-corrected chi connectivity index (χ1v) is 6.42. The van der Waals surface area contributed by atoms with E-state index in [2.05, 4.69) is 10.6 Å². The Labute approximate surface area is 111 Å². The maximum Gasteiger partial charge on any atom is 0.239 e. The average molecular weight is 261 g/mol. The molecule has 0 saturated heterocycles. The smallest absolute Gasteiger partial charge is 0.239 e. The van der Waals surface area contributed by atoms with Gasteiger partial charge in [-0.2, -0.15) is 5.26 Å². The summed E-state index contributed by atoms with van der Waals surface area (Å²) in [5.41, 5.74) is 0.680. The lowest BCUT2D eigenvalue weighted by molar-refractivity contribution is -0.120. The van der Waals surface area contributed by atoms with Crippen LogP contribution in [0.15, 0.2) is 18.2 Å².